The van der Waals surface area contributed by atoms with Gasteiger partial charge in [-0.15, -0.1) is 0 Å². The maximum Gasteiger partial charge on any atom is 0.234 e. The number of fused-ring (bicyclic) bond motifs is 1. The van der Waals surface area contributed by atoms with E-state index in [4.69, 9.17) is 0 Å². The summed E-state index contributed by atoms with van der Waals surface area (Å²) in [6.45, 7) is 6.91. The summed E-state index contributed by atoms with van der Waals surface area (Å²) in [5, 5.41) is 8.40. The van der Waals surface area contributed by atoms with Crippen LogP contribution in [0.25, 0.3) is 10.8 Å². The molecule has 0 fully saturated rings. The summed E-state index contributed by atoms with van der Waals surface area (Å²) in [6.07, 6.45) is 3.64. The van der Waals surface area contributed by atoms with E-state index >= 15 is 0 Å². The van der Waals surface area contributed by atoms with Crippen LogP contribution < -0.4 is 10.6 Å². The molecule has 2 N–H and O–H groups in total. The SMILES string of the molecule is CC(C)(C)NC(=O)CNCc1cccc2cnccc12. The van der Waals surface area contributed by atoms with Gasteiger partial charge in [0.2, 0.25) is 5.91 Å². The molecule has 0 radical (unpaired) electrons. The molecule has 1 aromatic carbocycles. The number of carbonyl (C=O) groups is 1. The number of hydrogen-bond acceptors (Lipinski definition) is 3. The highest BCUT2D eigenvalue weighted by atomic mass is 16.2. The monoisotopic (exact) mass is 271 g/mol. The Labute approximate surface area is 119 Å². The summed E-state index contributed by atoms with van der Waals surface area (Å²) in [7, 11) is 0. The Morgan fingerprint density at radius 1 is 1.25 bits per heavy atom. The van der Waals surface area contributed by atoms with E-state index < -0.39 is 0 Å². The topological polar surface area (TPSA) is 54.0 Å². The lowest BCUT2D eigenvalue weighted by molar-refractivity contribution is -0.121. The van der Waals surface area contributed by atoms with E-state index in [0.29, 0.717) is 13.1 Å². The van der Waals surface area contributed by atoms with Gasteiger partial charge in [-0.2, -0.15) is 0 Å². The number of pyridine rings is 1. The fourth-order valence-electron chi connectivity index (χ4n) is 2.12. The van der Waals surface area contributed by atoms with Crippen molar-refractivity contribution in [3.63, 3.8) is 0 Å². The second-order valence-electron chi connectivity index (χ2n) is 5.92. The van der Waals surface area contributed by atoms with Gasteiger partial charge in [0.15, 0.2) is 0 Å². The molecule has 1 amide bonds. The van der Waals surface area contributed by atoms with Crippen LogP contribution in [0.3, 0.4) is 0 Å². The Balaban J connectivity index is 1.95. The van der Waals surface area contributed by atoms with Crippen molar-refractivity contribution in [2.75, 3.05) is 6.54 Å². The largest absolute Gasteiger partial charge is 0.350 e. The molecule has 106 valence electrons. The van der Waals surface area contributed by atoms with Gasteiger partial charge < -0.3 is 10.6 Å². The molecular formula is C16H21N3O. The quantitative estimate of drug-likeness (QED) is 0.896. The Morgan fingerprint density at radius 2 is 2.05 bits per heavy atom. The van der Waals surface area contributed by atoms with Crippen LogP contribution in [0.1, 0.15) is 26.3 Å². The normalized spacial score (nSPS) is 11.6. The van der Waals surface area contributed by atoms with E-state index in [1.54, 1.807) is 6.20 Å². The second-order valence-corrected chi connectivity index (χ2v) is 5.92. The lowest BCUT2D eigenvalue weighted by Crippen LogP contribution is -2.44. The molecular weight excluding hydrogens is 250 g/mol. The minimum Gasteiger partial charge on any atom is -0.350 e. The summed E-state index contributed by atoms with van der Waals surface area (Å²) in [5.74, 6) is 0.0133. The third-order valence-corrected chi connectivity index (χ3v) is 2.89. The molecule has 0 saturated heterocycles. The molecule has 0 aliphatic rings. The number of hydrogen-bond donors (Lipinski definition) is 2. The molecule has 1 heterocycles. The molecule has 0 bridgehead atoms. The fraction of sp³-hybridized carbons (Fsp3) is 0.375. The van der Waals surface area contributed by atoms with Crippen LogP contribution in [0.4, 0.5) is 0 Å². The summed E-state index contributed by atoms with van der Waals surface area (Å²) in [5.41, 5.74) is 0.984. The van der Waals surface area contributed by atoms with Crippen molar-refractivity contribution in [2.24, 2.45) is 0 Å². The van der Waals surface area contributed by atoms with E-state index in [2.05, 4.69) is 21.7 Å². The average Bonchev–Trinajstić information content (AvgIpc) is 2.37. The highest BCUT2D eigenvalue weighted by Gasteiger charge is 2.13. The third-order valence-electron chi connectivity index (χ3n) is 2.89. The minimum atomic E-state index is -0.191. The molecule has 0 aliphatic carbocycles. The second kappa shape index (κ2) is 6.01. The van der Waals surface area contributed by atoms with Crippen molar-refractivity contribution in [3.8, 4) is 0 Å². The Bertz CT molecular complexity index is 597. The van der Waals surface area contributed by atoms with Gasteiger partial charge in [0.25, 0.3) is 0 Å². The smallest absolute Gasteiger partial charge is 0.234 e. The summed E-state index contributed by atoms with van der Waals surface area (Å²) < 4.78 is 0. The molecule has 20 heavy (non-hydrogen) atoms. The lowest BCUT2D eigenvalue weighted by atomic mass is 10.1. The van der Waals surface area contributed by atoms with E-state index in [9.17, 15) is 4.79 Å². The molecule has 2 rings (SSSR count). The van der Waals surface area contributed by atoms with Crippen molar-refractivity contribution < 1.29 is 4.79 Å². The first-order chi connectivity index (χ1) is 9.46. The zero-order chi connectivity index (χ0) is 14.6. The number of benzene rings is 1. The van der Waals surface area contributed by atoms with Gasteiger partial charge in [0.05, 0.1) is 6.54 Å². The minimum absolute atomic E-state index is 0.0133. The van der Waals surface area contributed by atoms with Crippen LogP contribution in [0.2, 0.25) is 0 Å². The van der Waals surface area contributed by atoms with Crippen LogP contribution in [-0.4, -0.2) is 23.0 Å². The van der Waals surface area contributed by atoms with Crippen LogP contribution in [0.15, 0.2) is 36.7 Å². The average molecular weight is 271 g/mol. The Kier molecular flexibility index (Phi) is 4.35. The molecule has 0 atom stereocenters. The fourth-order valence-corrected chi connectivity index (χ4v) is 2.12. The highest BCUT2D eigenvalue weighted by Crippen LogP contribution is 2.16. The predicted molar refractivity (Wildman–Crippen MR) is 81.3 cm³/mol. The van der Waals surface area contributed by atoms with Crippen LogP contribution in [0, 0.1) is 0 Å². The van der Waals surface area contributed by atoms with Crippen LogP contribution >= 0.6 is 0 Å². The van der Waals surface area contributed by atoms with Gasteiger partial charge in [-0.05, 0) is 37.8 Å². The van der Waals surface area contributed by atoms with Gasteiger partial charge in [-0.1, -0.05) is 18.2 Å². The number of nitrogens with zero attached hydrogens (tertiary/aromatic N) is 1. The number of carbonyl (C=O) groups excluding carboxylic acids is 1. The summed E-state index contributed by atoms with van der Waals surface area (Å²) in [6, 6.07) is 8.12. The zero-order valence-electron chi connectivity index (χ0n) is 12.2. The molecule has 0 unspecified atom stereocenters. The zero-order valence-corrected chi connectivity index (χ0v) is 12.2. The Morgan fingerprint density at radius 3 is 2.80 bits per heavy atom. The van der Waals surface area contributed by atoms with E-state index in [1.165, 1.54) is 10.9 Å². The first-order valence-electron chi connectivity index (χ1n) is 6.79. The van der Waals surface area contributed by atoms with Crippen molar-refractivity contribution in [2.45, 2.75) is 32.9 Å². The number of amides is 1. The molecule has 0 aliphatic heterocycles. The first-order valence-corrected chi connectivity index (χ1v) is 6.79. The van der Waals surface area contributed by atoms with Crippen molar-refractivity contribution in [3.05, 3.63) is 42.2 Å². The maximum atomic E-state index is 11.7. The van der Waals surface area contributed by atoms with Crippen LogP contribution in [0.5, 0.6) is 0 Å². The van der Waals surface area contributed by atoms with Gasteiger partial charge in [-0.3, -0.25) is 9.78 Å². The Hall–Kier alpha value is -1.94. The molecule has 0 spiro atoms. The standard InChI is InChI=1S/C16H21N3O/c1-16(2,3)19-15(20)11-18-10-13-6-4-5-12-9-17-8-7-14(12)13/h4-9,18H,10-11H2,1-3H3,(H,19,20). The molecule has 4 heteroatoms. The molecule has 1 aromatic heterocycles. The number of aromatic nitrogens is 1. The highest BCUT2D eigenvalue weighted by molar-refractivity contribution is 5.84. The van der Waals surface area contributed by atoms with E-state index in [0.717, 1.165) is 5.39 Å². The molecule has 2 aromatic rings. The van der Waals surface area contributed by atoms with Crippen molar-refractivity contribution >= 4 is 16.7 Å². The third kappa shape index (κ3) is 4.03. The molecule has 4 nitrogen and oxygen atoms in total. The van der Waals surface area contributed by atoms with E-state index in [1.807, 2.05) is 45.2 Å². The van der Waals surface area contributed by atoms with Crippen molar-refractivity contribution in [1.82, 2.24) is 15.6 Å². The van der Waals surface area contributed by atoms with Crippen LogP contribution in [-0.2, 0) is 11.3 Å². The number of nitrogens with one attached hydrogen (secondary N) is 2. The lowest BCUT2D eigenvalue weighted by Gasteiger charge is -2.20. The van der Waals surface area contributed by atoms with Gasteiger partial charge in [0, 0.05) is 29.9 Å². The maximum absolute atomic E-state index is 11.7. The predicted octanol–water partition coefficient (Wildman–Crippen LogP) is 2.24. The molecule has 0 saturated carbocycles. The van der Waals surface area contributed by atoms with Gasteiger partial charge in [0.1, 0.15) is 0 Å². The van der Waals surface area contributed by atoms with Gasteiger partial charge in [-0.25, -0.2) is 0 Å². The number of rotatable bonds is 4. The first kappa shape index (κ1) is 14.5. The summed E-state index contributed by atoms with van der Waals surface area (Å²) >= 11 is 0. The van der Waals surface area contributed by atoms with Crippen molar-refractivity contribution in [1.29, 1.82) is 0 Å². The summed E-state index contributed by atoms with van der Waals surface area (Å²) in [4.78, 5) is 15.8. The van der Waals surface area contributed by atoms with Gasteiger partial charge >= 0.3 is 0 Å². The van der Waals surface area contributed by atoms with E-state index in [-0.39, 0.29) is 11.4 Å².